The fourth-order valence-corrected chi connectivity index (χ4v) is 2.63. The van der Waals surface area contributed by atoms with E-state index in [2.05, 4.69) is 10.3 Å². The molecule has 0 bridgehead atoms. The van der Waals surface area contributed by atoms with Crippen LogP contribution in [-0.2, 0) is 4.74 Å². The number of nitrogens with zero attached hydrogens (tertiary/aromatic N) is 2. The van der Waals surface area contributed by atoms with E-state index in [9.17, 15) is 14.7 Å². The van der Waals surface area contributed by atoms with Crippen LogP contribution in [0.4, 0.5) is 11.5 Å². The van der Waals surface area contributed by atoms with Gasteiger partial charge in [0.15, 0.2) is 0 Å². The van der Waals surface area contributed by atoms with Gasteiger partial charge in [-0.05, 0) is 36.4 Å². The summed E-state index contributed by atoms with van der Waals surface area (Å²) in [5.41, 5.74) is 1.18. The molecular weight excluding hydrogens is 346 g/mol. The second-order valence-corrected chi connectivity index (χ2v) is 5.83. The van der Waals surface area contributed by atoms with Gasteiger partial charge in [-0.3, -0.25) is 4.79 Å². The SMILES string of the molecule is O=C(O)c1ccc(Cl)nc1Nc1ccc(C(=O)N2CCOCC2)cc1. The van der Waals surface area contributed by atoms with Gasteiger partial charge in [0.05, 0.1) is 13.2 Å². The average Bonchev–Trinajstić information content (AvgIpc) is 2.62. The predicted molar refractivity (Wildman–Crippen MR) is 92.7 cm³/mol. The minimum absolute atomic E-state index is 0.0119. The largest absolute Gasteiger partial charge is 0.478 e. The number of benzene rings is 1. The lowest BCUT2D eigenvalue weighted by Crippen LogP contribution is -2.40. The number of halogens is 1. The number of nitrogens with one attached hydrogen (secondary N) is 1. The van der Waals surface area contributed by atoms with Gasteiger partial charge in [-0.15, -0.1) is 0 Å². The van der Waals surface area contributed by atoms with Crippen LogP contribution in [0.3, 0.4) is 0 Å². The first kappa shape index (κ1) is 17.2. The Kier molecular flexibility index (Phi) is 5.16. The van der Waals surface area contributed by atoms with E-state index < -0.39 is 5.97 Å². The van der Waals surface area contributed by atoms with E-state index in [0.29, 0.717) is 37.6 Å². The number of aromatic carboxylic acids is 1. The van der Waals surface area contributed by atoms with Crippen molar-refractivity contribution in [3.63, 3.8) is 0 Å². The quantitative estimate of drug-likeness (QED) is 0.813. The zero-order valence-electron chi connectivity index (χ0n) is 13.2. The van der Waals surface area contributed by atoms with Crippen molar-refractivity contribution in [2.75, 3.05) is 31.6 Å². The molecular formula is C17H16ClN3O4. The molecule has 0 spiro atoms. The molecule has 8 heteroatoms. The number of hydrogen-bond donors (Lipinski definition) is 2. The first-order valence-electron chi connectivity index (χ1n) is 7.68. The Morgan fingerprint density at radius 2 is 1.80 bits per heavy atom. The number of amides is 1. The maximum absolute atomic E-state index is 12.4. The summed E-state index contributed by atoms with van der Waals surface area (Å²) in [6, 6.07) is 9.57. The summed E-state index contributed by atoms with van der Waals surface area (Å²) in [5, 5.41) is 12.3. The molecule has 2 heterocycles. The Hall–Kier alpha value is -2.64. The molecule has 0 aliphatic carbocycles. The third-order valence-electron chi connectivity index (χ3n) is 3.78. The Morgan fingerprint density at radius 1 is 1.12 bits per heavy atom. The molecule has 1 amide bonds. The fourth-order valence-electron chi connectivity index (χ4n) is 2.49. The van der Waals surface area contributed by atoms with Crippen LogP contribution in [0.25, 0.3) is 0 Å². The van der Waals surface area contributed by atoms with Crippen LogP contribution < -0.4 is 5.32 Å². The van der Waals surface area contributed by atoms with Gasteiger partial charge < -0.3 is 20.1 Å². The van der Waals surface area contributed by atoms with Crippen LogP contribution in [0, 0.1) is 0 Å². The zero-order valence-corrected chi connectivity index (χ0v) is 14.0. The van der Waals surface area contributed by atoms with Crippen LogP contribution in [0.15, 0.2) is 36.4 Å². The molecule has 0 atom stereocenters. The zero-order chi connectivity index (χ0) is 17.8. The van der Waals surface area contributed by atoms with Crippen molar-refractivity contribution in [2.45, 2.75) is 0 Å². The smallest absolute Gasteiger partial charge is 0.339 e. The van der Waals surface area contributed by atoms with Gasteiger partial charge in [-0.25, -0.2) is 9.78 Å². The maximum Gasteiger partial charge on any atom is 0.339 e. The highest BCUT2D eigenvalue weighted by molar-refractivity contribution is 6.29. The monoisotopic (exact) mass is 361 g/mol. The Morgan fingerprint density at radius 3 is 2.44 bits per heavy atom. The number of carboxylic acid groups (broad SMARTS) is 1. The Balaban J connectivity index is 1.76. The van der Waals surface area contributed by atoms with Crippen LogP contribution in [0.5, 0.6) is 0 Å². The fraction of sp³-hybridized carbons (Fsp3) is 0.235. The van der Waals surface area contributed by atoms with Gasteiger partial charge in [-0.2, -0.15) is 0 Å². The number of aromatic nitrogens is 1. The Bertz CT molecular complexity index is 789. The number of rotatable bonds is 4. The summed E-state index contributed by atoms with van der Waals surface area (Å²) >= 11 is 5.84. The number of carbonyl (C=O) groups excluding carboxylic acids is 1. The molecule has 1 saturated heterocycles. The van der Waals surface area contributed by atoms with Crippen molar-refractivity contribution in [2.24, 2.45) is 0 Å². The topological polar surface area (TPSA) is 91.8 Å². The molecule has 1 aromatic heterocycles. The average molecular weight is 362 g/mol. The number of carbonyl (C=O) groups is 2. The lowest BCUT2D eigenvalue weighted by Gasteiger charge is -2.26. The van der Waals surface area contributed by atoms with Crippen LogP contribution >= 0.6 is 11.6 Å². The molecule has 2 aromatic rings. The third-order valence-corrected chi connectivity index (χ3v) is 4.00. The van der Waals surface area contributed by atoms with Gasteiger partial charge in [-0.1, -0.05) is 11.6 Å². The summed E-state index contributed by atoms with van der Waals surface area (Å²) < 4.78 is 5.24. The lowest BCUT2D eigenvalue weighted by atomic mass is 10.1. The number of carboxylic acids is 1. The number of pyridine rings is 1. The van der Waals surface area contributed by atoms with E-state index in [4.69, 9.17) is 16.3 Å². The highest BCUT2D eigenvalue weighted by Crippen LogP contribution is 2.22. The highest BCUT2D eigenvalue weighted by atomic mass is 35.5. The van der Waals surface area contributed by atoms with E-state index in [1.165, 1.54) is 12.1 Å². The van der Waals surface area contributed by atoms with Crippen LogP contribution in [-0.4, -0.2) is 53.2 Å². The molecule has 1 aromatic carbocycles. The van der Waals surface area contributed by atoms with Crippen molar-refractivity contribution in [1.29, 1.82) is 0 Å². The number of ether oxygens (including phenoxy) is 1. The summed E-state index contributed by atoms with van der Waals surface area (Å²) in [6.45, 7) is 2.24. The molecule has 130 valence electrons. The maximum atomic E-state index is 12.4. The summed E-state index contributed by atoms with van der Waals surface area (Å²) in [6.07, 6.45) is 0. The van der Waals surface area contributed by atoms with Crippen LogP contribution in [0.2, 0.25) is 5.15 Å². The molecule has 1 aliphatic rings. The molecule has 0 radical (unpaired) electrons. The molecule has 0 saturated carbocycles. The van der Waals surface area contributed by atoms with Gasteiger partial charge in [0.1, 0.15) is 16.5 Å². The first-order chi connectivity index (χ1) is 12.0. The molecule has 25 heavy (non-hydrogen) atoms. The van der Waals surface area contributed by atoms with Gasteiger partial charge in [0, 0.05) is 24.3 Å². The second kappa shape index (κ2) is 7.50. The highest BCUT2D eigenvalue weighted by Gasteiger charge is 2.18. The van der Waals surface area contributed by atoms with E-state index in [-0.39, 0.29) is 22.4 Å². The molecule has 7 nitrogen and oxygen atoms in total. The van der Waals surface area contributed by atoms with Crippen molar-refractivity contribution < 1.29 is 19.4 Å². The van der Waals surface area contributed by atoms with Crippen molar-refractivity contribution in [3.05, 3.63) is 52.7 Å². The molecule has 1 aliphatic heterocycles. The minimum Gasteiger partial charge on any atom is -0.478 e. The van der Waals surface area contributed by atoms with E-state index in [1.807, 2.05) is 0 Å². The molecule has 1 fully saturated rings. The van der Waals surface area contributed by atoms with Gasteiger partial charge >= 0.3 is 5.97 Å². The standard InChI is InChI=1S/C17H16ClN3O4/c18-14-6-5-13(17(23)24)15(20-14)19-12-3-1-11(2-4-12)16(22)21-7-9-25-10-8-21/h1-6H,7-10H2,(H,19,20)(H,23,24). The van der Waals surface area contributed by atoms with Gasteiger partial charge in [0.2, 0.25) is 0 Å². The predicted octanol–water partition coefficient (Wildman–Crippen LogP) is 2.65. The summed E-state index contributed by atoms with van der Waals surface area (Å²) in [7, 11) is 0. The van der Waals surface area contributed by atoms with E-state index in [0.717, 1.165) is 0 Å². The van der Waals surface area contributed by atoms with Crippen molar-refractivity contribution >= 4 is 35.0 Å². The number of hydrogen-bond acceptors (Lipinski definition) is 5. The van der Waals surface area contributed by atoms with E-state index >= 15 is 0 Å². The lowest BCUT2D eigenvalue weighted by molar-refractivity contribution is 0.0303. The van der Waals surface area contributed by atoms with Crippen LogP contribution in [0.1, 0.15) is 20.7 Å². The molecule has 3 rings (SSSR count). The number of anilines is 2. The normalized spacial score (nSPS) is 14.2. The second-order valence-electron chi connectivity index (χ2n) is 5.44. The third kappa shape index (κ3) is 4.07. The summed E-state index contributed by atoms with van der Waals surface area (Å²) in [5.74, 6) is -1.01. The first-order valence-corrected chi connectivity index (χ1v) is 8.06. The molecule has 2 N–H and O–H groups in total. The number of morpholine rings is 1. The van der Waals surface area contributed by atoms with E-state index in [1.54, 1.807) is 29.2 Å². The van der Waals surface area contributed by atoms with Crippen molar-refractivity contribution in [1.82, 2.24) is 9.88 Å². The molecule has 0 unspecified atom stereocenters. The summed E-state index contributed by atoms with van der Waals surface area (Å²) in [4.78, 5) is 29.4. The Labute approximate surface area is 149 Å². The van der Waals surface area contributed by atoms with Crippen molar-refractivity contribution in [3.8, 4) is 0 Å². The van der Waals surface area contributed by atoms with Gasteiger partial charge in [0.25, 0.3) is 5.91 Å². The minimum atomic E-state index is -1.11.